The van der Waals surface area contributed by atoms with Crippen molar-refractivity contribution in [3.05, 3.63) is 18.0 Å². The Kier molecular flexibility index (Phi) is 4.96. The topological polar surface area (TPSA) is 47.1 Å². The molecule has 0 fully saturated rings. The van der Waals surface area contributed by atoms with Gasteiger partial charge in [0.2, 0.25) is 0 Å². The quantitative estimate of drug-likeness (QED) is 0.799. The molecule has 1 unspecified atom stereocenters. The van der Waals surface area contributed by atoms with E-state index < -0.39 is 0 Å². The van der Waals surface area contributed by atoms with Gasteiger partial charge in [0.25, 0.3) is 0 Å². The molecule has 0 aliphatic carbocycles. The van der Waals surface area contributed by atoms with E-state index in [4.69, 9.17) is 5.73 Å². The molecule has 1 rings (SSSR count). The average molecular weight is 224 g/mol. The molecular weight excluding hydrogens is 200 g/mol. The summed E-state index contributed by atoms with van der Waals surface area (Å²) in [5.41, 5.74) is 6.86. The van der Waals surface area contributed by atoms with Crippen LogP contribution in [0.3, 0.4) is 0 Å². The maximum absolute atomic E-state index is 5.73. The third kappa shape index (κ3) is 4.33. The molecule has 0 aliphatic heterocycles. The number of aromatic nitrogens is 2. The van der Waals surface area contributed by atoms with Crippen LogP contribution < -0.4 is 5.73 Å². The predicted molar refractivity (Wildman–Crippen MR) is 67.2 cm³/mol. The number of nitrogens with zero attached hydrogens (tertiary/aromatic N) is 3. The summed E-state index contributed by atoms with van der Waals surface area (Å²) in [5.74, 6) is 0. The van der Waals surface area contributed by atoms with Crippen molar-refractivity contribution < 1.29 is 0 Å². The summed E-state index contributed by atoms with van der Waals surface area (Å²) < 4.78 is 1.99. The lowest BCUT2D eigenvalue weighted by atomic mass is 10.2. The van der Waals surface area contributed by atoms with Crippen molar-refractivity contribution in [1.82, 2.24) is 14.7 Å². The molecule has 0 saturated heterocycles. The highest BCUT2D eigenvalue weighted by Crippen LogP contribution is 2.06. The second kappa shape index (κ2) is 6.01. The van der Waals surface area contributed by atoms with Gasteiger partial charge in [0.15, 0.2) is 0 Å². The summed E-state index contributed by atoms with van der Waals surface area (Å²) in [6.07, 6.45) is 3.07. The van der Waals surface area contributed by atoms with Crippen molar-refractivity contribution in [3.63, 3.8) is 0 Å². The third-order valence-corrected chi connectivity index (χ3v) is 2.59. The van der Waals surface area contributed by atoms with Crippen molar-refractivity contribution in [2.24, 2.45) is 5.73 Å². The maximum atomic E-state index is 5.73. The van der Waals surface area contributed by atoms with Crippen molar-refractivity contribution in [3.8, 4) is 0 Å². The Morgan fingerprint density at radius 3 is 2.62 bits per heavy atom. The molecule has 1 heterocycles. The molecular formula is C12H24N4. The van der Waals surface area contributed by atoms with E-state index in [0.717, 1.165) is 25.2 Å². The van der Waals surface area contributed by atoms with Gasteiger partial charge in [-0.2, -0.15) is 5.10 Å². The van der Waals surface area contributed by atoms with Crippen LogP contribution in [-0.2, 0) is 6.54 Å². The van der Waals surface area contributed by atoms with Crippen LogP contribution in [-0.4, -0.2) is 34.3 Å². The first-order chi connectivity index (χ1) is 7.49. The molecule has 0 aliphatic rings. The minimum atomic E-state index is 0.274. The first kappa shape index (κ1) is 13.2. The minimum Gasteiger partial charge on any atom is -0.328 e. The monoisotopic (exact) mass is 224 g/mol. The lowest BCUT2D eigenvalue weighted by Crippen LogP contribution is -2.26. The lowest BCUT2D eigenvalue weighted by Gasteiger charge is -2.16. The molecule has 2 N–H and O–H groups in total. The Hall–Kier alpha value is -0.870. The minimum absolute atomic E-state index is 0.274. The first-order valence-electron chi connectivity index (χ1n) is 5.97. The van der Waals surface area contributed by atoms with Crippen LogP contribution in [0, 0.1) is 0 Å². The highest BCUT2D eigenvalue weighted by Gasteiger charge is 2.06. The Labute approximate surface area is 98.4 Å². The summed E-state index contributed by atoms with van der Waals surface area (Å²) in [6, 6.07) is 2.79. The zero-order valence-corrected chi connectivity index (χ0v) is 10.8. The Morgan fingerprint density at radius 1 is 1.44 bits per heavy atom. The highest BCUT2D eigenvalue weighted by molar-refractivity contribution is 4.99. The van der Waals surface area contributed by atoms with E-state index in [1.807, 2.05) is 17.8 Å². The molecule has 92 valence electrons. The van der Waals surface area contributed by atoms with Crippen LogP contribution in [0.4, 0.5) is 0 Å². The SMILES string of the molecule is CC(N)CCN(C)Cc1ccn(C(C)C)n1. The molecule has 4 nitrogen and oxygen atoms in total. The van der Waals surface area contributed by atoms with Crippen molar-refractivity contribution >= 4 is 0 Å². The van der Waals surface area contributed by atoms with Gasteiger partial charge in [0, 0.05) is 24.8 Å². The molecule has 0 saturated carbocycles. The van der Waals surface area contributed by atoms with Gasteiger partial charge in [-0.1, -0.05) is 0 Å². The molecule has 0 amide bonds. The molecule has 0 bridgehead atoms. The van der Waals surface area contributed by atoms with Crippen LogP contribution in [0.25, 0.3) is 0 Å². The fourth-order valence-corrected chi connectivity index (χ4v) is 1.53. The first-order valence-corrected chi connectivity index (χ1v) is 5.97. The molecule has 1 aromatic rings. The molecule has 4 heteroatoms. The zero-order chi connectivity index (χ0) is 12.1. The van der Waals surface area contributed by atoms with Gasteiger partial charge >= 0.3 is 0 Å². The summed E-state index contributed by atoms with van der Waals surface area (Å²) >= 11 is 0. The number of hydrogen-bond acceptors (Lipinski definition) is 3. The van der Waals surface area contributed by atoms with E-state index in [9.17, 15) is 0 Å². The van der Waals surface area contributed by atoms with Gasteiger partial charge in [-0.25, -0.2) is 0 Å². The fraction of sp³-hybridized carbons (Fsp3) is 0.750. The Balaban J connectivity index is 2.40. The number of rotatable bonds is 6. The van der Waals surface area contributed by atoms with Gasteiger partial charge in [0.05, 0.1) is 5.69 Å². The van der Waals surface area contributed by atoms with Crippen molar-refractivity contribution in [2.45, 2.75) is 45.8 Å². The van der Waals surface area contributed by atoms with Gasteiger partial charge in [-0.3, -0.25) is 4.68 Å². The zero-order valence-electron chi connectivity index (χ0n) is 10.8. The molecule has 0 spiro atoms. The van der Waals surface area contributed by atoms with Crippen LogP contribution in [0.1, 0.15) is 38.9 Å². The van der Waals surface area contributed by atoms with E-state index in [2.05, 4.69) is 37.0 Å². The van der Waals surface area contributed by atoms with Crippen molar-refractivity contribution in [1.29, 1.82) is 0 Å². The van der Waals surface area contributed by atoms with Gasteiger partial charge in [-0.15, -0.1) is 0 Å². The second-order valence-electron chi connectivity index (χ2n) is 4.88. The summed E-state index contributed by atoms with van der Waals surface area (Å²) in [4.78, 5) is 2.26. The Bertz CT molecular complexity index is 304. The summed E-state index contributed by atoms with van der Waals surface area (Å²) in [7, 11) is 2.11. The van der Waals surface area contributed by atoms with E-state index in [0.29, 0.717) is 6.04 Å². The van der Waals surface area contributed by atoms with Crippen LogP contribution in [0.15, 0.2) is 12.3 Å². The standard InChI is InChI=1S/C12H24N4/c1-10(2)16-8-6-12(14-16)9-15(4)7-5-11(3)13/h6,8,10-11H,5,7,9,13H2,1-4H3. The van der Waals surface area contributed by atoms with E-state index in [1.54, 1.807) is 0 Å². The molecule has 16 heavy (non-hydrogen) atoms. The molecule has 1 atom stereocenters. The highest BCUT2D eigenvalue weighted by atomic mass is 15.3. The Morgan fingerprint density at radius 2 is 2.12 bits per heavy atom. The maximum Gasteiger partial charge on any atom is 0.0764 e. The molecule has 0 radical (unpaired) electrons. The lowest BCUT2D eigenvalue weighted by molar-refractivity contribution is 0.308. The largest absolute Gasteiger partial charge is 0.328 e. The van der Waals surface area contributed by atoms with Crippen LogP contribution in [0.5, 0.6) is 0 Å². The molecule has 0 aromatic carbocycles. The van der Waals surface area contributed by atoms with Gasteiger partial charge in [0.1, 0.15) is 0 Å². The predicted octanol–water partition coefficient (Wildman–Crippen LogP) is 1.63. The van der Waals surface area contributed by atoms with Crippen molar-refractivity contribution in [2.75, 3.05) is 13.6 Å². The van der Waals surface area contributed by atoms with Crippen LogP contribution >= 0.6 is 0 Å². The van der Waals surface area contributed by atoms with Gasteiger partial charge in [-0.05, 0) is 46.9 Å². The number of nitrogens with two attached hydrogens (primary N) is 1. The number of hydrogen-bond donors (Lipinski definition) is 1. The summed E-state index contributed by atoms with van der Waals surface area (Å²) in [5, 5.41) is 4.52. The molecule has 1 aromatic heterocycles. The normalized spacial score (nSPS) is 13.7. The summed E-state index contributed by atoms with van der Waals surface area (Å²) in [6.45, 7) is 8.23. The van der Waals surface area contributed by atoms with E-state index >= 15 is 0 Å². The van der Waals surface area contributed by atoms with Crippen LogP contribution in [0.2, 0.25) is 0 Å². The second-order valence-corrected chi connectivity index (χ2v) is 4.88. The van der Waals surface area contributed by atoms with E-state index in [-0.39, 0.29) is 6.04 Å². The fourth-order valence-electron chi connectivity index (χ4n) is 1.53. The smallest absolute Gasteiger partial charge is 0.0764 e. The van der Waals surface area contributed by atoms with Gasteiger partial charge < -0.3 is 10.6 Å². The van der Waals surface area contributed by atoms with E-state index in [1.165, 1.54) is 0 Å². The average Bonchev–Trinajstić information content (AvgIpc) is 2.63. The third-order valence-electron chi connectivity index (χ3n) is 2.59.